The first-order valence-corrected chi connectivity index (χ1v) is 9.97. The number of anilines is 2. The predicted octanol–water partition coefficient (Wildman–Crippen LogP) is 4.78. The summed E-state index contributed by atoms with van der Waals surface area (Å²) in [6.07, 6.45) is -2.73. The van der Waals surface area contributed by atoms with Crippen LogP contribution in [0.1, 0.15) is 44.0 Å². The molecule has 9 heteroatoms. The average molecular weight is 424 g/mol. The summed E-state index contributed by atoms with van der Waals surface area (Å²) in [5, 5.41) is 5.93. The molecule has 1 aromatic heterocycles. The number of halogens is 3. The molecule has 2 heterocycles. The maximum atomic E-state index is 13.4. The molecule has 0 saturated carbocycles. The lowest BCUT2D eigenvalue weighted by molar-refractivity contribution is -0.141. The maximum absolute atomic E-state index is 13.4. The van der Waals surface area contributed by atoms with Crippen LogP contribution >= 0.6 is 12.2 Å². The summed E-state index contributed by atoms with van der Waals surface area (Å²) >= 11 is 5.27. The lowest BCUT2D eigenvalue weighted by Crippen LogP contribution is -2.35. The van der Waals surface area contributed by atoms with Gasteiger partial charge < -0.3 is 15.5 Å². The molecule has 156 valence electrons. The molecule has 1 aliphatic heterocycles. The Kier molecular flexibility index (Phi) is 6.56. The Morgan fingerprint density at radius 3 is 2.45 bits per heavy atom. The molecule has 2 aromatic rings. The van der Waals surface area contributed by atoms with Gasteiger partial charge in [-0.2, -0.15) is 18.2 Å². The second kappa shape index (κ2) is 8.94. The van der Waals surface area contributed by atoms with Crippen LogP contribution in [0.5, 0.6) is 0 Å². The van der Waals surface area contributed by atoms with Gasteiger partial charge in [-0.3, -0.25) is 0 Å². The van der Waals surface area contributed by atoms with E-state index in [1.807, 2.05) is 42.2 Å². The normalized spacial score (nSPS) is 16.4. The molecule has 1 saturated heterocycles. The summed E-state index contributed by atoms with van der Waals surface area (Å²) in [5.74, 6) is 0.663. The standard InChI is InChI=1S/C20H24F3N5S/c1-13-8-10-28(11-9-13)17-12-16(20(21,22)23)25-18(26-17)27-19(29)24-14(2)15-6-4-3-5-7-15/h3-7,12-14H,8-11H2,1-2H3,(H2,24,25,26,27,29). The van der Waals surface area contributed by atoms with E-state index in [-0.39, 0.29) is 22.9 Å². The molecule has 5 nitrogen and oxygen atoms in total. The monoisotopic (exact) mass is 423 g/mol. The number of piperidine rings is 1. The summed E-state index contributed by atoms with van der Waals surface area (Å²) in [7, 11) is 0. The van der Waals surface area contributed by atoms with Crippen LogP contribution in [0, 0.1) is 5.92 Å². The van der Waals surface area contributed by atoms with Crippen LogP contribution in [0.4, 0.5) is 24.9 Å². The highest BCUT2D eigenvalue weighted by Gasteiger charge is 2.34. The van der Waals surface area contributed by atoms with Gasteiger partial charge in [-0.05, 0) is 43.5 Å². The van der Waals surface area contributed by atoms with Crippen molar-refractivity contribution in [3.05, 3.63) is 47.7 Å². The van der Waals surface area contributed by atoms with Crippen molar-refractivity contribution in [2.45, 2.75) is 38.9 Å². The lowest BCUT2D eigenvalue weighted by Gasteiger charge is -2.31. The van der Waals surface area contributed by atoms with E-state index < -0.39 is 11.9 Å². The van der Waals surface area contributed by atoms with Gasteiger partial charge in [-0.1, -0.05) is 37.3 Å². The van der Waals surface area contributed by atoms with E-state index >= 15 is 0 Å². The van der Waals surface area contributed by atoms with Crippen LogP contribution in [0.3, 0.4) is 0 Å². The number of nitrogens with one attached hydrogen (secondary N) is 2. The third kappa shape index (κ3) is 5.79. The number of nitrogens with zero attached hydrogens (tertiary/aromatic N) is 3. The largest absolute Gasteiger partial charge is 0.433 e. The Morgan fingerprint density at radius 2 is 1.83 bits per heavy atom. The molecule has 0 spiro atoms. The molecule has 1 aromatic carbocycles. The summed E-state index contributed by atoms with van der Waals surface area (Å²) in [5.41, 5.74) is 0.0206. The SMILES string of the molecule is CC1CCN(c2cc(C(F)(F)F)nc(NC(=S)NC(C)c3ccccc3)n2)CC1. The molecule has 1 aliphatic rings. The number of hydrogen-bond donors (Lipinski definition) is 2. The van der Waals surface area contributed by atoms with Gasteiger partial charge in [0.25, 0.3) is 0 Å². The van der Waals surface area contributed by atoms with Gasteiger partial charge in [0.1, 0.15) is 5.82 Å². The molecule has 0 radical (unpaired) electrons. The number of benzene rings is 1. The van der Waals surface area contributed by atoms with Gasteiger partial charge in [0, 0.05) is 19.2 Å². The minimum Gasteiger partial charge on any atom is -0.356 e. The first-order valence-electron chi connectivity index (χ1n) is 9.56. The number of rotatable bonds is 4. The second-order valence-electron chi connectivity index (χ2n) is 7.33. The zero-order valence-electron chi connectivity index (χ0n) is 16.3. The molecular weight excluding hydrogens is 399 g/mol. The topological polar surface area (TPSA) is 53.1 Å². The van der Waals surface area contributed by atoms with E-state index in [1.165, 1.54) is 0 Å². The van der Waals surface area contributed by atoms with Crippen LogP contribution < -0.4 is 15.5 Å². The molecule has 0 aliphatic carbocycles. The Labute approximate surface area is 173 Å². The molecule has 3 rings (SSSR count). The molecule has 1 atom stereocenters. The molecular formula is C20H24F3N5S. The van der Waals surface area contributed by atoms with E-state index in [1.54, 1.807) is 0 Å². The highest BCUT2D eigenvalue weighted by molar-refractivity contribution is 7.80. The van der Waals surface area contributed by atoms with Crippen LogP contribution in [0.25, 0.3) is 0 Å². The van der Waals surface area contributed by atoms with Crippen molar-refractivity contribution in [1.29, 1.82) is 0 Å². The highest BCUT2D eigenvalue weighted by atomic mass is 32.1. The van der Waals surface area contributed by atoms with Crippen molar-refractivity contribution in [1.82, 2.24) is 15.3 Å². The minimum absolute atomic E-state index is 0.120. The van der Waals surface area contributed by atoms with E-state index in [0.29, 0.717) is 19.0 Å². The minimum atomic E-state index is -4.57. The van der Waals surface area contributed by atoms with E-state index in [0.717, 1.165) is 24.5 Å². The Bertz CT molecular complexity index is 836. The second-order valence-corrected chi connectivity index (χ2v) is 7.74. The zero-order chi connectivity index (χ0) is 21.0. The van der Waals surface area contributed by atoms with Gasteiger partial charge in [0.2, 0.25) is 5.95 Å². The molecule has 29 heavy (non-hydrogen) atoms. The first-order chi connectivity index (χ1) is 13.7. The first kappa shape index (κ1) is 21.3. The van der Waals surface area contributed by atoms with Crippen molar-refractivity contribution in [3.8, 4) is 0 Å². The molecule has 0 amide bonds. The number of hydrogen-bond acceptors (Lipinski definition) is 4. The highest BCUT2D eigenvalue weighted by Crippen LogP contribution is 2.31. The number of thiocarbonyl (C=S) groups is 1. The van der Waals surface area contributed by atoms with Crippen molar-refractivity contribution < 1.29 is 13.2 Å². The van der Waals surface area contributed by atoms with Crippen LogP contribution in [0.15, 0.2) is 36.4 Å². The predicted molar refractivity (Wildman–Crippen MR) is 112 cm³/mol. The lowest BCUT2D eigenvalue weighted by atomic mass is 9.99. The molecule has 2 N–H and O–H groups in total. The van der Waals surface area contributed by atoms with Gasteiger partial charge in [0.15, 0.2) is 10.8 Å². The Morgan fingerprint density at radius 1 is 1.17 bits per heavy atom. The fourth-order valence-corrected chi connectivity index (χ4v) is 3.46. The maximum Gasteiger partial charge on any atom is 0.433 e. The number of aromatic nitrogens is 2. The van der Waals surface area contributed by atoms with Crippen LogP contribution in [-0.4, -0.2) is 28.2 Å². The van der Waals surface area contributed by atoms with E-state index in [2.05, 4.69) is 27.5 Å². The van der Waals surface area contributed by atoms with Gasteiger partial charge >= 0.3 is 6.18 Å². The summed E-state index contributed by atoms with van der Waals surface area (Å²) < 4.78 is 40.1. The third-order valence-electron chi connectivity index (χ3n) is 4.98. The summed E-state index contributed by atoms with van der Waals surface area (Å²) in [6.45, 7) is 5.39. The zero-order valence-corrected chi connectivity index (χ0v) is 17.1. The van der Waals surface area contributed by atoms with Crippen molar-refractivity contribution in [3.63, 3.8) is 0 Å². The fraction of sp³-hybridized carbons (Fsp3) is 0.450. The molecule has 1 fully saturated rings. The molecule has 1 unspecified atom stereocenters. The third-order valence-corrected chi connectivity index (χ3v) is 5.20. The average Bonchev–Trinajstić information content (AvgIpc) is 2.68. The fourth-order valence-electron chi connectivity index (χ4n) is 3.19. The van der Waals surface area contributed by atoms with Crippen molar-refractivity contribution in [2.75, 3.05) is 23.3 Å². The van der Waals surface area contributed by atoms with Crippen molar-refractivity contribution >= 4 is 29.1 Å². The van der Waals surface area contributed by atoms with Crippen LogP contribution in [-0.2, 0) is 6.18 Å². The summed E-state index contributed by atoms with van der Waals surface area (Å²) in [6, 6.07) is 10.5. The Hall–Kier alpha value is -2.42. The summed E-state index contributed by atoms with van der Waals surface area (Å²) in [4.78, 5) is 9.79. The van der Waals surface area contributed by atoms with Gasteiger partial charge in [-0.15, -0.1) is 0 Å². The molecule has 0 bridgehead atoms. The van der Waals surface area contributed by atoms with E-state index in [4.69, 9.17) is 12.2 Å². The van der Waals surface area contributed by atoms with E-state index in [9.17, 15) is 13.2 Å². The number of alkyl halides is 3. The smallest absolute Gasteiger partial charge is 0.356 e. The van der Waals surface area contributed by atoms with Crippen molar-refractivity contribution in [2.24, 2.45) is 5.92 Å². The quantitative estimate of drug-likeness (QED) is 0.691. The van der Waals surface area contributed by atoms with Gasteiger partial charge in [0.05, 0.1) is 6.04 Å². The Balaban J connectivity index is 1.76. The van der Waals surface area contributed by atoms with Crippen LogP contribution in [0.2, 0.25) is 0 Å². The van der Waals surface area contributed by atoms with Gasteiger partial charge in [-0.25, -0.2) is 4.98 Å².